The van der Waals surface area contributed by atoms with E-state index in [9.17, 15) is 19.2 Å². The van der Waals surface area contributed by atoms with Gasteiger partial charge in [0.1, 0.15) is 26.2 Å². The first kappa shape index (κ1) is 41.1. The van der Waals surface area contributed by atoms with E-state index >= 15 is 0 Å². The van der Waals surface area contributed by atoms with Gasteiger partial charge in [-0.3, -0.25) is 19.2 Å². The summed E-state index contributed by atoms with van der Waals surface area (Å²) in [5.41, 5.74) is 7.99. The highest BCUT2D eigenvalue weighted by molar-refractivity contribution is 5.97. The molecule has 0 aliphatic carbocycles. The lowest BCUT2D eigenvalue weighted by Gasteiger charge is -2.35. The molecule has 0 saturated carbocycles. The molecule has 296 valence electrons. The van der Waals surface area contributed by atoms with E-state index in [2.05, 4.69) is 0 Å². The lowest BCUT2D eigenvalue weighted by molar-refractivity contribution is -0.155. The summed E-state index contributed by atoms with van der Waals surface area (Å²) in [5, 5.41) is 0. The standard InChI is InChI=1S/C44H56N8O4/c1-45(2)37-17-9-33(10-18-37)25-49(26-34-11-19-38(20-12-34)46(3)4)41(53)29-51-31-44(56)52(32-43(51)55)30-42(54)50(27-35-13-21-39(22-14-35)47(5)6)28-36-15-23-40(24-16-36)48(7)8/h9-24H,25-32H2,1-8H3. The van der Waals surface area contributed by atoms with Crippen LogP contribution in [0, 0.1) is 0 Å². The lowest BCUT2D eigenvalue weighted by atomic mass is 10.1. The van der Waals surface area contributed by atoms with Crippen molar-refractivity contribution in [1.29, 1.82) is 0 Å². The molecule has 1 fully saturated rings. The van der Waals surface area contributed by atoms with Gasteiger partial charge in [-0.1, -0.05) is 48.5 Å². The summed E-state index contributed by atoms with van der Waals surface area (Å²) in [6, 6.07) is 32.0. The average Bonchev–Trinajstić information content (AvgIpc) is 3.17. The molecule has 1 aliphatic rings. The highest BCUT2D eigenvalue weighted by Gasteiger charge is 2.34. The molecule has 4 amide bonds. The van der Waals surface area contributed by atoms with Crippen LogP contribution in [0.2, 0.25) is 0 Å². The Hall–Kier alpha value is -6.04. The van der Waals surface area contributed by atoms with E-state index in [1.54, 1.807) is 9.80 Å². The fourth-order valence-electron chi connectivity index (χ4n) is 6.46. The molecule has 0 N–H and O–H groups in total. The Kier molecular flexibility index (Phi) is 13.6. The predicted molar refractivity (Wildman–Crippen MR) is 225 cm³/mol. The highest BCUT2D eigenvalue weighted by atomic mass is 16.2. The summed E-state index contributed by atoms with van der Waals surface area (Å²) >= 11 is 0. The summed E-state index contributed by atoms with van der Waals surface area (Å²) in [5.74, 6) is -1.28. The molecule has 0 unspecified atom stereocenters. The Bertz CT molecular complexity index is 1690. The molecule has 4 aromatic carbocycles. The van der Waals surface area contributed by atoms with Crippen molar-refractivity contribution in [3.63, 3.8) is 0 Å². The molecule has 0 radical (unpaired) electrons. The van der Waals surface area contributed by atoms with Gasteiger partial charge in [0.05, 0.1) is 0 Å². The van der Waals surface area contributed by atoms with Crippen LogP contribution in [0.3, 0.4) is 0 Å². The van der Waals surface area contributed by atoms with Gasteiger partial charge < -0.3 is 39.2 Å². The van der Waals surface area contributed by atoms with Gasteiger partial charge in [-0.25, -0.2) is 0 Å². The van der Waals surface area contributed by atoms with E-state index in [0.29, 0.717) is 26.2 Å². The number of benzene rings is 4. The van der Waals surface area contributed by atoms with Gasteiger partial charge in [-0.05, 0) is 70.8 Å². The van der Waals surface area contributed by atoms with Crippen LogP contribution in [0.1, 0.15) is 22.3 Å². The minimum absolute atomic E-state index is 0.240. The molecule has 12 nitrogen and oxygen atoms in total. The highest BCUT2D eigenvalue weighted by Crippen LogP contribution is 2.21. The van der Waals surface area contributed by atoms with E-state index in [0.717, 1.165) is 45.0 Å². The van der Waals surface area contributed by atoms with E-state index in [1.165, 1.54) is 9.80 Å². The van der Waals surface area contributed by atoms with Gasteiger partial charge >= 0.3 is 0 Å². The van der Waals surface area contributed by atoms with Crippen LogP contribution in [0.25, 0.3) is 0 Å². The quantitative estimate of drug-likeness (QED) is 0.166. The molecular weight excluding hydrogens is 705 g/mol. The Balaban J connectivity index is 1.27. The SMILES string of the molecule is CN(C)c1ccc(CN(Cc2ccc(N(C)C)cc2)C(=O)CN2CC(=O)N(CC(=O)N(Cc3ccc(N(C)C)cc3)Cc3ccc(N(C)C)cc3)CC2=O)cc1. The van der Waals surface area contributed by atoms with Crippen LogP contribution >= 0.6 is 0 Å². The van der Waals surface area contributed by atoms with Crippen molar-refractivity contribution in [2.24, 2.45) is 0 Å². The first-order valence-electron chi connectivity index (χ1n) is 18.8. The first-order valence-corrected chi connectivity index (χ1v) is 18.8. The average molecular weight is 761 g/mol. The minimum atomic E-state index is -0.374. The molecule has 0 bridgehead atoms. The number of rotatable bonds is 16. The molecule has 1 aliphatic heterocycles. The topological polar surface area (TPSA) is 94.2 Å². The lowest BCUT2D eigenvalue weighted by Crippen LogP contribution is -2.57. The van der Waals surface area contributed by atoms with Crippen molar-refractivity contribution < 1.29 is 19.2 Å². The fourth-order valence-corrected chi connectivity index (χ4v) is 6.46. The van der Waals surface area contributed by atoms with Crippen molar-refractivity contribution in [2.45, 2.75) is 26.2 Å². The van der Waals surface area contributed by atoms with Crippen molar-refractivity contribution >= 4 is 46.4 Å². The largest absolute Gasteiger partial charge is 0.378 e. The van der Waals surface area contributed by atoms with Gasteiger partial charge in [0, 0.05) is 105 Å². The minimum Gasteiger partial charge on any atom is -0.378 e. The van der Waals surface area contributed by atoms with E-state index < -0.39 is 0 Å². The third-order valence-electron chi connectivity index (χ3n) is 10.0. The third kappa shape index (κ3) is 11.0. The number of piperazine rings is 1. The second-order valence-corrected chi connectivity index (χ2v) is 15.2. The summed E-state index contributed by atoms with van der Waals surface area (Å²) in [6.07, 6.45) is 0. The number of hydrogen-bond donors (Lipinski definition) is 0. The molecule has 5 rings (SSSR count). The van der Waals surface area contributed by atoms with Crippen LogP contribution in [0.15, 0.2) is 97.1 Å². The van der Waals surface area contributed by atoms with Crippen molar-refractivity contribution in [1.82, 2.24) is 19.6 Å². The van der Waals surface area contributed by atoms with Gasteiger partial charge in [-0.15, -0.1) is 0 Å². The van der Waals surface area contributed by atoms with Gasteiger partial charge in [0.15, 0.2) is 0 Å². The number of amides is 4. The number of carbonyl (C=O) groups excluding carboxylic acids is 4. The summed E-state index contributed by atoms with van der Waals surface area (Å²) < 4.78 is 0. The second-order valence-electron chi connectivity index (χ2n) is 15.2. The Labute approximate surface area is 332 Å². The first-order chi connectivity index (χ1) is 26.7. The number of hydrogen-bond acceptors (Lipinski definition) is 8. The Morgan fingerprint density at radius 3 is 0.821 bits per heavy atom. The van der Waals surface area contributed by atoms with Crippen molar-refractivity contribution in [2.75, 3.05) is 102 Å². The van der Waals surface area contributed by atoms with Crippen LogP contribution < -0.4 is 19.6 Å². The second kappa shape index (κ2) is 18.5. The van der Waals surface area contributed by atoms with Crippen molar-refractivity contribution in [3.8, 4) is 0 Å². The maximum absolute atomic E-state index is 14.0. The number of carbonyl (C=O) groups is 4. The monoisotopic (exact) mass is 760 g/mol. The smallest absolute Gasteiger partial charge is 0.243 e. The molecule has 1 heterocycles. The maximum Gasteiger partial charge on any atom is 0.243 e. The number of anilines is 4. The van der Waals surface area contributed by atoms with E-state index in [-0.39, 0.29) is 49.8 Å². The van der Waals surface area contributed by atoms with E-state index in [4.69, 9.17) is 0 Å². The van der Waals surface area contributed by atoms with Crippen LogP contribution in [0.4, 0.5) is 22.7 Å². The van der Waals surface area contributed by atoms with Crippen LogP contribution in [0.5, 0.6) is 0 Å². The fraction of sp³-hybridized carbons (Fsp3) is 0.364. The molecule has 1 saturated heterocycles. The normalized spacial score (nSPS) is 12.7. The molecule has 0 atom stereocenters. The molecule has 0 spiro atoms. The maximum atomic E-state index is 14.0. The van der Waals surface area contributed by atoms with Crippen LogP contribution in [-0.2, 0) is 45.4 Å². The zero-order valence-corrected chi connectivity index (χ0v) is 34.1. The molecule has 56 heavy (non-hydrogen) atoms. The van der Waals surface area contributed by atoms with Crippen LogP contribution in [-0.4, -0.2) is 126 Å². The predicted octanol–water partition coefficient (Wildman–Crippen LogP) is 4.38. The molecule has 4 aromatic rings. The third-order valence-corrected chi connectivity index (χ3v) is 10.0. The Morgan fingerprint density at radius 2 is 0.625 bits per heavy atom. The van der Waals surface area contributed by atoms with E-state index in [1.807, 2.05) is 173 Å². The molecule has 0 aromatic heterocycles. The zero-order valence-electron chi connectivity index (χ0n) is 34.1. The molecule has 12 heteroatoms. The van der Waals surface area contributed by atoms with Crippen molar-refractivity contribution in [3.05, 3.63) is 119 Å². The summed E-state index contributed by atoms with van der Waals surface area (Å²) in [6.45, 7) is 0.312. The van der Waals surface area contributed by atoms with Gasteiger partial charge in [0.25, 0.3) is 0 Å². The summed E-state index contributed by atoms with van der Waals surface area (Å²) in [4.78, 5) is 69.1. The number of nitrogens with zero attached hydrogens (tertiary/aromatic N) is 8. The summed E-state index contributed by atoms with van der Waals surface area (Å²) in [7, 11) is 15.8. The van der Waals surface area contributed by atoms with Gasteiger partial charge in [-0.2, -0.15) is 0 Å². The Morgan fingerprint density at radius 1 is 0.411 bits per heavy atom. The zero-order chi connectivity index (χ0) is 40.5. The van der Waals surface area contributed by atoms with Gasteiger partial charge in [0.2, 0.25) is 23.6 Å². The molecular formula is C44H56N8O4.